The van der Waals surface area contributed by atoms with Gasteiger partial charge in [0.15, 0.2) is 5.78 Å². The van der Waals surface area contributed by atoms with Crippen LogP contribution in [0, 0.1) is 5.41 Å². The average Bonchev–Trinajstić information content (AvgIpc) is 2.34. The van der Waals surface area contributed by atoms with E-state index in [-0.39, 0.29) is 11.2 Å². The zero-order valence-electron chi connectivity index (χ0n) is 13.8. The second-order valence-electron chi connectivity index (χ2n) is 6.57. The molecule has 0 atom stereocenters. The molecule has 1 heteroatoms. The van der Waals surface area contributed by atoms with Gasteiger partial charge in [-0.1, -0.05) is 37.6 Å². The minimum atomic E-state index is 0.0908. The van der Waals surface area contributed by atoms with E-state index in [2.05, 4.69) is 39.8 Å². The molecule has 0 fully saturated rings. The van der Waals surface area contributed by atoms with Gasteiger partial charge >= 0.3 is 0 Å². The van der Waals surface area contributed by atoms with Crippen LogP contribution in [-0.4, -0.2) is 5.78 Å². The lowest BCUT2D eigenvalue weighted by Gasteiger charge is -2.33. The molecule has 0 spiro atoms. The lowest BCUT2D eigenvalue weighted by molar-refractivity contribution is -0.112. The smallest absolute Gasteiger partial charge is 0.152 e. The molecule has 0 saturated heterocycles. The van der Waals surface area contributed by atoms with Crippen LogP contribution in [0.15, 0.2) is 46.6 Å². The van der Waals surface area contributed by atoms with E-state index >= 15 is 0 Å². The first-order valence-electron chi connectivity index (χ1n) is 7.48. The molecule has 0 aromatic carbocycles. The number of carbonyl (C=O) groups excluding carboxylic acids is 1. The molecule has 0 radical (unpaired) electrons. The monoisotopic (exact) mass is 274 g/mol. The zero-order chi connectivity index (χ0) is 15.3. The Morgan fingerprint density at radius 1 is 1.05 bits per heavy atom. The van der Waals surface area contributed by atoms with Crippen molar-refractivity contribution in [3.8, 4) is 0 Å². The topological polar surface area (TPSA) is 17.1 Å². The predicted octanol–water partition coefficient (Wildman–Crippen LogP) is 5.55. The first-order chi connectivity index (χ1) is 9.24. The van der Waals surface area contributed by atoms with Crippen molar-refractivity contribution < 1.29 is 4.79 Å². The summed E-state index contributed by atoms with van der Waals surface area (Å²) >= 11 is 0. The van der Waals surface area contributed by atoms with E-state index in [0.29, 0.717) is 0 Å². The molecule has 110 valence electrons. The highest BCUT2D eigenvalue weighted by atomic mass is 16.2. The summed E-state index contributed by atoms with van der Waals surface area (Å²) in [6, 6.07) is 0. The highest BCUT2D eigenvalue weighted by molar-refractivity contribution is 5.87. The maximum absolute atomic E-state index is 11.0. The van der Waals surface area contributed by atoms with Crippen LogP contribution in [0.1, 0.15) is 60.8 Å². The molecule has 1 aliphatic carbocycles. The third kappa shape index (κ3) is 4.63. The van der Waals surface area contributed by atoms with E-state index in [1.54, 1.807) is 13.0 Å². The zero-order valence-corrected chi connectivity index (χ0v) is 13.8. The fraction of sp³-hybridized carbons (Fsp3) is 0.526. The molecule has 0 saturated carbocycles. The predicted molar refractivity (Wildman–Crippen MR) is 87.7 cm³/mol. The van der Waals surface area contributed by atoms with Crippen molar-refractivity contribution in [3.63, 3.8) is 0 Å². The molecule has 1 nitrogen and oxygen atoms in total. The van der Waals surface area contributed by atoms with Crippen LogP contribution in [0.25, 0.3) is 0 Å². The van der Waals surface area contributed by atoms with Crippen LogP contribution in [0.4, 0.5) is 0 Å². The summed E-state index contributed by atoms with van der Waals surface area (Å²) in [6.45, 7) is 12.6. The van der Waals surface area contributed by atoms with E-state index < -0.39 is 0 Å². The molecular formula is C19H28O. The van der Waals surface area contributed by atoms with Crippen LogP contribution in [0.5, 0.6) is 0 Å². The molecule has 1 rings (SSSR count). The van der Waals surface area contributed by atoms with E-state index in [1.807, 2.05) is 13.0 Å². The van der Waals surface area contributed by atoms with Crippen molar-refractivity contribution in [2.24, 2.45) is 5.41 Å². The van der Waals surface area contributed by atoms with Crippen LogP contribution in [0.2, 0.25) is 0 Å². The van der Waals surface area contributed by atoms with Crippen LogP contribution >= 0.6 is 0 Å². The molecule has 0 unspecified atom stereocenters. The molecule has 0 aliphatic heterocycles. The van der Waals surface area contributed by atoms with Gasteiger partial charge in [-0.2, -0.15) is 0 Å². The molecule has 0 bridgehead atoms. The highest BCUT2D eigenvalue weighted by Crippen LogP contribution is 2.40. The summed E-state index contributed by atoms with van der Waals surface area (Å²) in [5.41, 5.74) is 5.63. The highest BCUT2D eigenvalue weighted by Gasteiger charge is 2.26. The molecule has 0 aromatic rings. The molecule has 20 heavy (non-hydrogen) atoms. The van der Waals surface area contributed by atoms with Gasteiger partial charge in [0.1, 0.15) is 0 Å². The number of rotatable bonds is 4. The van der Waals surface area contributed by atoms with Crippen molar-refractivity contribution in [1.29, 1.82) is 0 Å². The summed E-state index contributed by atoms with van der Waals surface area (Å²) in [4.78, 5) is 11.0. The fourth-order valence-electron chi connectivity index (χ4n) is 2.72. The third-order valence-corrected chi connectivity index (χ3v) is 4.23. The van der Waals surface area contributed by atoms with Gasteiger partial charge in [0.05, 0.1) is 0 Å². The van der Waals surface area contributed by atoms with Crippen molar-refractivity contribution >= 4 is 5.78 Å². The minimum absolute atomic E-state index is 0.0908. The maximum atomic E-state index is 11.0. The quantitative estimate of drug-likeness (QED) is 0.373. The number of ketones is 1. The van der Waals surface area contributed by atoms with Gasteiger partial charge in [-0.15, -0.1) is 0 Å². The number of hydrogen-bond acceptors (Lipinski definition) is 1. The second-order valence-corrected chi connectivity index (χ2v) is 6.57. The molecule has 0 N–H and O–H groups in total. The number of allylic oxidation sites excluding steroid dienone is 8. The largest absolute Gasteiger partial charge is 0.295 e. The van der Waals surface area contributed by atoms with Gasteiger partial charge in [-0.25, -0.2) is 0 Å². The van der Waals surface area contributed by atoms with E-state index in [1.165, 1.54) is 36.0 Å². The second kappa shape index (κ2) is 6.88. The van der Waals surface area contributed by atoms with Crippen molar-refractivity contribution in [2.45, 2.75) is 60.8 Å². The van der Waals surface area contributed by atoms with Gasteiger partial charge in [-0.3, -0.25) is 4.79 Å². The average molecular weight is 274 g/mol. The summed E-state index contributed by atoms with van der Waals surface area (Å²) in [5, 5.41) is 0. The lowest BCUT2D eigenvalue weighted by atomic mass is 9.72. The molecule has 0 amide bonds. The van der Waals surface area contributed by atoms with Gasteiger partial charge in [0.2, 0.25) is 0 Å². The Hall–Kier alpha value is -1.37. The maximum Gasteiger partial charge on any atom is 0.152 e. The van der Waals surface area contributed by atoms with Crippen LogP contribution in [0.3, 0.4) is 0 Å². The Labute approximate surface area is 124 Å². The van der Waals surface area contributed by atoms with Gasteiger partial charge in [0.25, 0.3) is 0 Å². The fourth-order valence-corrected chi connectivity index (χ4v) is 2.72. The van der Waals surface area contributed by atoms with Gasteiger partial charge in [-0.05, 0) is 75.2 Å². The Balaban J connectivity index is 2.96. The Morgan fingerprint density at radius 2 is 1.65 bits per heavy atom. The molecular weight excluding hydrogens is 246 g/mol. The molecule has 0 heterocycles. The van der Waals surface area contributed by atoms with E-state index in [9.17, 15) is 4.79 Å². The third-order valence-electron chi connectivity index (χ3n) is 4.23. The standard InChI is InChI=1S/C19H28O/c1-14(9-11-17(4)20)15(2)10-12-18-16(3)8-7-13-19(18,5)6/h9-12H,7-8,13H2,1-6H3/b11-9+,12-10+,15-14+/i1+1,17+1. The van der Waals surface area contributed by atoms with Crippen molar-refractivity contribution in [2.75, 3.05) is 0 Å². The number of carbonyl (C=O) groups is 1. The normalized spacial score (nSPS) is 20.7. The van der Waals surface area contributed by atoms with Crippen molar-refractivity contribution in [1.82, 2.24) is 0 Å². The summed E-state index contributed by atoms with van der Waals surface area (Å²) in [7, 11) is 0. The lowest BCUT2D eigenvalue weighted by Crippen LogP contribution is -2.19. The summed E-state index contributed by atoms with van der Waals surface area (Å²) < 4.78 is 0. The van der Waals surface area contributed by atoms with E-state index in [4.69, 9.17) is 0 Å². The van der Waals surface area contributed by atoms with Crippen LogP contribution in [-0.2, 0) is 4.79 Å². The SMILES string of the molecule is CC1=C(/C=C/C(C)=C([13CH3])/C=C/[13C](C)=O)C(C)(C)CCC1. The van der Waals surface area contributed by atoms with Crippen LogP contribution < -0.4 is 0 Å². The summed E-state index contributed by atoms with van der Waals surface area (Å²) in [6.07, 6.45) is 11.8. The van der Waals surface area contributed by atoms with E-state index in [0.717, 1.165) is 5.57 Å². The Morgan fingerprint density at radius 3 is 2.20 bits per heavy atom. The Bertz CT molecular complexity index is 496. The minimum Gasteiger partial charge on any atom is -0.295 e. The Kier molecular flexibility index (Phi) is 5.74. The summed E-state index contributed by atoms with van der Waals surface area (Å²) in [5.74, 6) is 0.0908. The van der Waals surface area contributed by atoms with Crippen molar-refractivity contribution in [3.05, 3.63) is 46.6 Å². The van der Waals surface area contributed by atoms with Gasteiger partial charge in [0, 0.05) is 0 Å². The first-order valence-corrected chi connectivity index (χ1v) is 7.48. The van der Waals surface area contributed by atoms with Gasteiger partial charge < -0.3 is 0 Å². The number of hydrogen-bond donors (Lipinski definition) is 0. The first kappa shape index (κ1) is 16.7. The molecule has 1 aliphatic rings. The molecule has 0 aromatic heterocycles.